The van der Waals surface area contributed by atoms with Gasteiger partial charge in [-0.3, -0.25) is 14.5 Å². The molecule has 3 heterocycles. The fraction of sp³-hybridized carbons (Fsp3) is 0.456. The lowest BCUT2D eigenvalue weighted by atomic mass is 9.85. The molecule has 0 bridgehead atoms. The van der Waals surface area contributed by atoms with Gasteiger partial charge >= 0.3 is 0 Å². The maximum absolute atomic E-state index is 14.1. The number of halogens is 1. The minimum atomic E-state index is -0.740. The summed E-state index contributed by atoms with van der Waals surface area (Å²) in [5, 5.41) is 37.2. The molecule has 71 heavy (non-hydrogen) atoms. The number of alkyl halides is 1. The van der Waals surface area contributed by atoms with E-state index in [0.717, 1.165) is 114 Å². The van der Waals surface area contributed by atoms with Crippen LogP contribution >= 0.6 is 22.9 Å². The number of aliphatic hydroxyl groups excluding tert-OH is 1. The Bertz CT molecular complexity index is 2480. The number of thiazole rings is 1. The minimum absolute atomic E-state index is 0.132. The molecule has 2 amide bonds. The Balaban J connectivity index is 0.780. The summed E-state index contributed by atoms with van der Waals surface area (Å²) in [5.74, 6) is 1.29. The summed E-state index contributed by atoms with van der Waals surface area (Å²) in [5.41, 5.74) is 9.55. The number of hydrogen-bond donors (Lipinski definition) is 5. The molecule has 0 aliphatic carbocycles. The fourth-order valence-corrected chi connectivity index (χ4v) is 10.7. The highest BCUT2D eigenvalue weighted by atomic mass is 35.5. The average Bonchev–Trinajstić information content (AvgIpc) is 3.99. The van der Waals surface area contributed by atoms with Gasteiger partial charge in [0.1, 0.15) is 29.9 Å². The van der Waals surface area contributed by atoms with Crippen LogP contribution in [0.4, 0.5) is 0 Å². The van der Waals surface area contributed by atoms with E-state index in [2.05, 4.69) is 37.6 Å². The van der Waals surface area contributed by atoms with Crippen LogP contribution in [0.5, 0.6) is 17.2 Å². The van der Waals surface area contributed by atoms with Crippen molar-refractivity contribution in [2.75, 3.05) is 64.8 Å². The van der Waals surface area contributed by atoms with E-state index in [1.807, 2.05) is 93.9 Å². The summed E-state index contributed by atoms with van der Waals surface area (Å²) in [4.78, 5) is 39.7. The van der Waals surface area contributed by atoms with Crippen molar-refractivity contribution in [2.24, 2.45) is 5.41 Å². The van der Waals surface area contributed by atoms with Crippen LogP contribution in [0.1, 0.15) is 93.7 Å². The zero-order valence-electron chi connectivity index (χ0n) is 41.9. The lowest BCUT2D eigenvalue weighted by molar-refractivity contribution is -0.142. The van der Waals surface area contributed by atoms with Crippen molar-refractivity contribution < 1.29 is 29.6 Å². The van der Waals surface area contributed by atoms with Gasteiger partial charge in [0.05, 0.1) is 28.2 Å². The molecule has 0 saturated carbocycles. The second-order valence-corrected chi connectivity index (χ2v) is 21.3. The van der Waals surface area contributed by atoms with Crippen LogP contribution in [0.15, 0.2) is 103 Å². The molecule has 14 heteroatoms. The standard InChI is InChI=1S/C57H73ClN6O6S/c1-40-53(71-39-61-40)45-12-10-41(11-13-45)37-60-55(68)51-36-48(67)38-64(51)56(69)54(57(2,3)4)59-28-8-6-5-7-9-29-62-30-32-63(33-31-62)34-35-70-49-24-18-44(19-25-49)52(43-16-22-47(66)23-17-43)50(26-27-58)42-14-20-46(65)21-15-42/h10-25,39,48,51,54,59,65-67H,5-9,26-38H2,1-4H3,(H,60,68)/t48-,51+,54?/m1/s1. The van der Waals surface area contributed by atoms with Gasteiger partial charge < -0.3 is 40.5 Å². The summed E-state index contributed by atoms with van der Waals surface area (Å²) in [7, 11) is 0. The molecule has 0 radical (unpaired) electrons. The smallest absolute Gasteiger partial charge is 0.243 e. The molecule has 3 atom stereocenters. The number of aromatic nitrogens is 1. The number of unbranched alkanes of at least 4 members (excludes halogenated alkanes) is 4. The van der Waals surface area contributed by atoms with E-state index in [0.29, 0.717) is 32.0 Å². The van der Waals surface area contributed by atoms with Crippen LogP contribution in [-0.4, -0.2) is 130 Å². The number of phenols is 2. The number of aryl methyl sites for hydroxylation is 1. The Morgan fingerprint density at radius 2 is 1.39 bits per heavy atom. The number of aliphatic hydroxyl groups is 1. The van der Waals surface area contributed by atoms with Crippen LogP contribution < -0.4 is 15.4 Å². The second-order valence-electron chi connectivity index (χ2n) is 20.0. The van der Waals surface area contributed by atoms with Crippen LogP contribution in [0.2, 0.25) is 0 Å². The fourth-order valence-electron chi connectivity index (χ4n) is 9.69. The number of hydrogen-bond acceptors (Lipinski definition) is 11. The monoisotopic (exact) mass is 1000 g/mol. The molecular weight excluding hydrogens is 932 g/mol. The normalized spacial score (nSPS) is 17.5. The number of amides is 2. The van der Waals surface area contributed by atoms with Crippen molar-refractivity contribution in [1.82, 2.24) is 30.3 Å². The van der Waals surface area contributed by atoms with Crippen LogP contribution in [-0.2, 0) is 16.1 Å². The predicted octanol–water partition coefficient (Wildman–Crippen LogP) is 9.35. The largest absolute Gasteiger partial charge is 0.508 e. The number of likely N-dealkylation sites (tertiary alicyclic amines) is 1. The number of allylic oxidation sites excluding steroid dienone is 1. The third kappa shape index (κ3) is 15.1. The Morgan fingerprint density at radius 1 is 0.803 bits per heavy atom. The molecule has 2 aliphatic rings. The number of ether oxygens (including phenoxy) is 1. The SMILES string of the molecule is Cc1ncsc1-c1ccc(CNC(=O)[C@@H]2C[C@@H](O)CN2C(=O)C(NCCCCCCCN2CCN(CCOc3ccc(C(=C(CCCl)c4ccc(O)cc4)c4ccc(O)cc4)cc3)CC2)C(C)(C)C)cc1. The molecule has 2 fully saturated rings. The van der Waals surface area contributed by atoms with E-state index in [-0.39, 0.29) is 41.7 Å². The molecule has 2 aliphatic heterocycles. The zero-order valence-corrected chi connectivity index (χ0v) is 43.5. The maximum atomic E-state index is 14.1. The first-order valence-electron chi connectivity index (χ1n) is 25.3. The molecule has 2 saturated heterocycles. The third-order valence-electron chi connectivity index (χ3n) is 13.7. The highest BCUT2D eigenvalue weighted by Gasteiger charge is 2.43. The summed E-state index contributed by atoms with van der Waals surface area (Å²) >= 11 is 7.93. The quantitative estimate of drug-likeness (QED) is 0.0244. The van der Waals surface area contributed by atoms with E-state index in [1.54, 1.807) is 40.5 Å². The first-order chi connectivity index (χ1) is 34.3. The topological polar surface area (TPSA) is 151 Å². The third-order valence-corrected chi connectivity index (χ3v) is 14.9. The highest BCUT2D eigenvalue weighted by Crippen LogP contribution is 2.37. The summed E-state index contributed by atoms with van der Waals surface area (Å²) in [6, 6.07) is 29.5. The second kappa shape index (κ2) is 25.9. The van der Waals surface area contributed by atoms with Crippen molar-refractivity contribution >= 4 is 45.9 Å². The van der Waals surface area contributed by atoms with E-state index < -0.39 is 18.2 Å². The van der Waals surface area contributed by atoms with Crippen LogP contribution in [0, 0.1) is 12.3 Å². The van der Waals surface area contributed by atoms with E-state index >= 15 is 0 Å². The predicted molar refractivity (Wildman–Crippen MR) is 287 cm³/mol. The Kier molecular flexibility index (Phi) is 19.5. The number of rotatable bonds is 23. The number of benzene rings is 4. The Labute approximate surface area is 429 Å². The van der Waals surface area contributed by atoms with Gasteiger partial charge in [-0.05, 0) is 120 Å². The van der Waals surface area contributed by atoms with Crippen molar-refractivity contribution in [1.29, 1.82) is 0 Å². The summed E-state index contributed by atoms with van der Waals surface area (Å²) < 4.78 is 6.23. The number of β-amino-alcohol motifs (C(OH)–C–C–N with tert-alkyl or cyclic N) is 1. The lowest BCUT2D eigenvalue weighted by Gasteiger charge is -2.35. The molecule has 380 valence electrons. The minimum Gasteiger partial charge on any atom is -0.508 e. The highest BCUT2D eigenvalue weighted by molar-refractivity contribution is 7.13. The van der Waals surface area contributed by atoms with Gasteiger partial charge in [-0.1, -0.05) is 101 Å². The summed E-state index contributed by atoms with van der Waals surface area (Å²) in [6.07, 6.45) is 5.64. The average molecular weight is 1010 g/mol. The maximum Gasteiger partial charge on any atom is 0.243 e. The van der Waals surface area contributed by atoms with Crippen LogP contribution in [0.25, 0.3) is 21.6 Å². The molecule has 1 aromatic heterocycles. The Morgan fingerprint density at radius 3 is 2.00 bits per heavy atom. The number of nitrogens with one attached hydrogen (secondary N) is 2. The number of carbonyl (C=O) groups excluding carboxylic acids is 2. The molecule has 7 rings (SSSR count). The van der Waals surface area contributed by atoms with Crippen molar-refractivity contribution in [3.8, 4) is 27.7 Å². The number of piperazine rings is 1. The molecule has 5 N–H and O–H groups in total. The van der Waals surface area contributed by atoms with Crippen molar-refractivity contribution in [3.05, 3.63) is 131 Å². The van der Waals surface area contributed by atoms with Gasteiger partial charge in [-0.15, -0.1) is 22.9 Å². The molecule has 12 nitrogen and oxygen atoms in total. The number of aromatic hydroxyl groups is 2. The van der Waals surface area contributed by atoms with E-state index in [9.17, 15) is 24.9 Å². The summed E-state index contributed by atoms with van der Waals surface area (Å²) in [6.45, 7) is 16.1. The number of phenolic OH excluding ortho intramolecular Hbond substituents is 2. The lowest BCUT2D eigenvalue weighted by Crippen LogP contribution is -2.56. The molecule has 5 aromatic rings. The molecule has 1 unspecified atom stereocenters. The van der Waals surface area contributed by atoms with Gasteiger partial charge in [-0.25, -0.2) is 4.98 Å². The van der Waals surface area contributed by atoms with Gasteiger partial charge in [0, 0.05) is 58.1 Å². The first-order valence-corrected chi connectivity index (χ1v) is 26.7. The van der Waals surface area contributed by atoms with E-state index in [4.69, 9.17) is 16.3 Å². The van der Waals surface area contributed by atoms with Gasteiger partial charge in [0.25, 0.3) is 0 Å². The van der Waals surface area contributed by atoms with Crippen molar-refractivity contribution in [3.63, 3.8) is 0 Å². The van der Waals surface area contributed by atoms with Gasteiger partial charge in [0.2, 0.25) is 11.8 Å². The number of nitrogens with zero attached hydrogens (tertiary/aromatic N) is 4. The molecule has 4 aromatic carbocycles. The van der Waals surface area contributed by atoms with E-state index in [1.165, 1.54) is 12.8 Å². The first kappa shape index (κ1) is 53.5. The zero-order chi connectivity index (χ0) is 50.3. The molecule has 0 spiro atoms. The molecular formula is C57H73ClN6O6S. The Hall–Kier alpha value is -5.28. The van der Waals surface area contributed by atoms with Gasteiger partial charge in [0.15, 0.2) is 0 Å². The van der Waals surface area contributed by atoms with Crippen LogP contribution in [0.3, 0.4) is 0 Å². The number of carbonyl (C=O) groups is 2. The van der Waals surface area contributed by atoms with Crippen molar-refractivity contribution in [2.45, 2.75) is 97.4 Å². The van der Waals surface area contributed by atoms with Gasteiger partial charge in [-0.2, -0.15) is 0 Å².